The van der Waals surface area contributed by atoms with Crippen LogP contribution in [0.25, 0.3) is 0 Å². The Kier molecular flexibility index (Phi) is 4.39. The molecule has 0 bridgehead atoms. The summed E-state index contributed by atoms with van der Waals surface area (Å²) in [5.74, 6) is 1.13. The number of carbonyl (C=O) groups excluding carboxylic acids is 2. The molecule has 26 heavy (non-hydrogen) atoms. The van der Waals surface area contributed by atoms with E-state index in [1.54, 1.807) is 11.0 Å². The fraction of sp³-hybridized carbons (Fsp3) is 0.529. The molecule has 8 nitrogen and oxygen atoms in total. The number of amides is 3. The van der Waals surface area contributed by atoms with Crippen LogP contribution in [0, 0.1) is 0 Å². The van der Waals surface area contributed by atoms with Crippen LogP contribution < -0.4 is 10.6 Å². The highest BCUT2D eigenvalue weighted by atomic mass is 32.1. The van der Waals surface area contributed by atoms with Crippen molar-refractivity contribution in [2.75, 3.05) is 11.9 Å². The molecule has 2 N–H and O–H groups in total. The van der Waals surface area contributed by atoms with Crippen molar-refractivity contribution in [2.45, 2.75) is 51.6 Å². The van der Waals surface area contributed by atoms with Crippen LogP contribution in [0.1, 0.15) is 59.4 Å². The molecule has 2 aliphatic rings. The first kappa shape index (κ1) is 17.0. The van der Waals surface area contributed by atoms with Crippen molar-refractivity contribution < 1.29 is 14.1 Å². The molecule has 1 fully saturated rings. The number of hydrogen-bond donors (Lipinski definition) is 2. The largest absolute Gasteiger partial charge is 0.360 e. The van der Waals surface area contributed by atoms with Gasteiger partial charge >= 0.3 is 6.03 Å². The van der Waals surface area contributed by atoms with Crippen LogP contribution in [0.5, 0.6) is 0 Å². The van der Waals surface area contributed by atoms with Gasteiger partial charge in [-0.05, 0) is 26.7 Å². The van der Waals surface area contributed by atoms with Crippen LogP contribution in [-0.2, 0) is 13.0 Å². The summed E-state index contributed by atoms with van der Waals surface area (Å²) in [6, 6.07) is 1.56. The number of fused-ring (bicyclic) bond motifs is 1. The maximum Gasteiger partial charge on any atom is 0.321 e. The van der Waals surface area contributed by atoms with Gasteiger partial charge in [-0.15, -0.1) is 0 Å². The van der Waals surface area contributed by atoms with Gasteiger partial charge in [-0.1, -0.05) is 16.5 Å². The fourth-order valence-corrected chi connectivity index (χ4v) is 3.95. The summed E-state index contributed by atoms with van der Waals surface area (Å²) in [5.41, 5.74) is 1.31. The van der Waals surface area contributed by atoms with Crippen LogP contribution in [0.3, 0.4) is 0 Å². The summed E-state index contributed by atoms with van der Waals surface area (Å²) < 4.78 is 5.29. The average Bonchev–Trinajstić information content (AvgIpc) is 3.17. The van der Waals surface area contributed by atoms with Crippen molar-refractivity contribution in [3.63, 3.8) is 0 Å². The van der Waals surface area contributed by atoms with Crippen molar-refractivity contribution in [3.05, 3.63) is 28.1 Å². The van der Waals surface area contributed by atoms with Gasteiger partial charge in [0.15, 0.2) is 10.8 Å². The summed E-state index contributed by atoms with van der Waals surface area (Å²) in [6.07, 6.45) is 2.88. The zero-order valence-corrected chi connectivity index (χ0v) is 15.6. The van der Waals surface area contributed by atoms with Crippen LogP contribution in [0.4, 0.5) is 9.93 Å². The molecular formula is C17H21N5O3S. The number of rotatable bonds is 4. The Morgan fingerprint density at radius 1 is 1.38 bits per heavy atom. The second-order valence-electron chi connectivity index (χ2n) is 7.01. The average molecular weight is 375 g/mol. The SMILES string of the molecule is CC(C)NC(=O)Nc1nc2c(s1)CN(C(=O)c1cc(C3CC3)on1)CC2. The third kappa shape index (κ3) is 3.57. The van der Waals surface area contributed by atoms with E-state index in [0.29, 0.717) is 36.3 Å². The second kappa shape index (κ2) is 6.71. The summed E-state index contributed by atoms with van der Waals surface area (Å²) >= 11 is 1.41. The molecule has 1 aliphatic carbocycles. The van der Waals surface area contributed by atoms with Gasteiger partial charge in [0.05, 0.1) is 12.2 Å². The van der Waals surface area contributed by atoms with E-state index in [1.807, 2.05) is 13.8 Å². The van der Waals surface area contributed by atoms with Gasteiger partial charge in [-0.2, -0.15) is 0 Å². The van der Waals surface area contributed by atoms with Crippen LogP contribution in [0.2, 0.25) is 0 Å². The van der Waals surface area contributed by atoms with Gasteiger partial charge < -0.3 is 14.7 Å². The van der Waals surface area contributed by atoms with E-state index in [2.05, 4.69) is 20.8 Å². The third-order valence-electron chi connectivity index (χ3n) is 4.39. The molecule has 4 rings (SSSR count). The standard InChI is InChI=1S/C17H21N5O3S/c1-9(2)18-16(24)20-17-19-11-5-6-22(8-14(11)26-17)15(23)12-7-13(25-21-12)10-3-4-10/h7,9-10H,3-6,8H2,1-2H3,(H2,18,19,20,24). The van der Waals surface area contributed by atoms with E-state index in [1.165, 1.54) is 11.3 Å². The lowest BCUT2D eigenvalue weighted by atomic mass is 10.1. The number of urea groups is 1. The minimum atomic E-state index is -0.269. The summed E-state index contributed by atoms with van der Waals surface area (Å²) in [6.45, 7) is 4.85. The van der Waals surface area contributed by atoms with Crippen molar-refractivity contribution in [2.24, 2.45) is 0 Å². The molecule has 0 aromatic carbocycles. The summed E-state index contributed by atoms with van der Waals surface area (Å²) in [4.78, 5) is 31.7. The number of nitrogens with zero attached hydrogens (tertiary/aromatic N) is 3. The Morgan fingerprint density at radius 3 is 2.92 bits per heavy atom. The fourth-order valence-electron chi connectivity index (χ4n) is 2.93. The molecule has 1 aliphatic heterocycles. The number of hydrogen-bond acceptors (Lipinski definition) is 6. The predicted octanol–water partition coefficient (Wildman–Crippen LogP) is 2.74. The second-order valence-corrected chi connectivity index (χ2v) is 8.09. The first-order valence-corrected chi connectivity index (χ1v) is 9.63. The number of anilines is 1. The molecule has 3 amide bonds. The van der Waals surface area contributed by atoms with Crippen molar-refractivity contribution in [3.8, 4) is 0 Å². The van der Waals surface area contributed by atoms with Crippen molar-refractivity contribution in [1.29, 1.82) is 0 Å². The quantitative estimate of drug-likeness (QED) is 0.856. The molecule has 0 unspecified atom stereocenters. The normalized spacial score (nSPS) is 16.5. The molecule has 0 spiro atoms. The van der Waals surface area contributed by atoms with Gasteiger partial charge in [0.25, 0.3) is 5.91 Å². The summed E-state index contributed by atoms with van der Waals surface area (Å²) in [7, 11) is 0. The highest BCUT2D eigenvalue weighted by molar-refractivity contribution is 7.15. The number of thiazole rings is 1. The molecule has 1 saturated carbocycles. The molecule has 0 radical (unpaired) electrons. The molecule has 9 heteroatoms. The monoisotopic (exact) mass is 375 g/mol. The Bertz CT molecular complexity index is 839. The molecule has 0 saturated heterocycles. The van der Waals surface area contributed by atoms with E-state index in [0.717, 1.165) is 29.2 Å². The first-order valence-electron chi connectivity index (χ1n) is 8.81. The van der Waals surface area contributed by atoms with Gasteiger partial charge in [0, 0.05) is 35.9 Å². The molecule has 2 aromatic heterocycles. The Hall–Kier alpha value is -2.42. The van der Waals surface area contributed by atoms with Gasteiger partial charge in [0.2, 0.25) is 0 Å². The topological polar surface area (TPSA) is 100 Å². The van der Waals surface area contributed by atoms with E-state index < -0.39 is 0 Å². The van der Waals surface area contributed by atoms with E-state index in [4.69, 9.17) is 4.52 Å². The number of aromatic nitrogens is 2. The zero-order valence-electron chi connectivity index (χ0n) is 14.7. The highest BCUT2D eigenvalue weighted by Gasteiger charge is 2.31. The first-order chi connectivity index (χ1) is 12.5. The van der Waals surface area contributed by atoms with Gasteiger partial charge in [0.1, 0.15) is 5.76 Å². The molecule has 138 valence electrons. The maximum atomic E-state index is 12.7. The minimum Gasteiger partial charge on any atom is -0.360 e. The predicted molar refractivity (Wildman–Crippen MR) is 96.3 cm³/mol. The number of nitrogens with one attached hydrogen (secondary N) is 2. The van der Waals surface area contributed by atoms with Crippen molar-refractivity contribution in [1.82, 2.24) is 20.4 Å². The Morgan fingerprint density at radius 2 is 2.19 bits per heavy atom. The van der Waals surface area contributed by atoms with Gasteiger partial charge in [-0.3, -0.25) is 10.1 Å². The highest BCUT2D eigenvalue weighted by Crippen LogP contribution is 2.40. The van der Waals surface area contributed by atoms with E-state index >= 15 is 0 Å². The molecule has 2 aromatic rings. The van der Waals surface area contributed by atoms with Crippen LogP contribution >= 0.6 is 11.3 Å². The van der Waals surface area contributed by atoms with Crippen molar-refractivity contribution >= 4 is 28.4 Å². The maximum absolute atomic E-state index is 12.7. The smallest absolute Gasteiger partial charge is 0.321 e. The van der Waals surface area contributed by atoms with Crippen LogP contribution in [0.15, 0.2) is 10.6 Å². The summed E-state index contributed by atoms with van der Waals surface area (Å²) in [5, 5.41) is 10.0. The molecule has 3 heterocycles. The lowest BCUT2D eigenvalue weighted by Gasteiger charge is -2.25. The third-order valence-corrected chi connectivity index (χ3v) is 5.38. The van der Waals surface area contributed by atoms with Gasteiger partial charge in [-0.25, -0.2) is 9.78 Å². The van der Waals surface area contributed by atoms with Crippen LogP contribution in [-0.4, -0.2) is 39.6 Å². The Labute approximate surface area is 154 Å². The lowest BCUT2D eigenvalue weighted by Crippen LogP contribution is -2.35. The van der Waals surface area contributed by atoms with E-state index in [9.17, 15) is 9.59 Å². The lowest BCUT2D eigenvalue weighted by molar-refractivity contribution is 0.0725. The zero-order chi connectivity index (χ0) is 18.3. The number of carbonyl (C=O) groups is 2. The Balaban J connectivity index is 1.42. The molecule has 0 atom stereocenters. The molecular weight excluding hydrogens is 354 g/mol. The minimum absolute atomic E-state index is 0.0562. The van der Waals surface area contributed by atoms with E-state index in [-0.39, 0.29) is 18.0 Å².